The first kappa shape index (κ1) is 16.9. The van der Waals surface area contributed by atoms with Crippen LogP contribution in [0.25, 0.3) is 0 Å². The van der Waals surface area contributed by atoms with Gasteiger partial charge in [-0.15, -0.1) is 0 Å². The van der Waals surface area contributed by atoms with E-state index in [4.69, 9.17) is 11.5 Å². The fourth-order valence-electron chi connectivity index (χ4n) is 2.96. The molecule has 0 aliphatic heterocycles. The number of rotatable bonds is 6. The van der Waals surface area contributed by atoms with E-state index in [1.807, 2.05) is 0 Å². The number of amides is 1. The maximum Gasteiger partial charge on any atom is 0.248 e. The molecule has 0 saturated heterocycles. The molecule has 6 nitrogen and oxygen atoms in total. The molecule has 1 aromatic carbocycles. The van der Waals surface area contributed by atoms with Crippen molar-refractivity contribution in [2.45, 2.75) is 43.0 Å². The Balaban J connectivity index is 2.18. The van der Waals surface area contributed by atoms with Gasteiger partial charge in [-0.05, 0) is 37.0 Å². The minimum Gasteiger partial charge on any atom is -0.366 e. The number of hydrogen-bond donors (Lipinski definition) is 3. The number of carbonyl (C=O) groups excluding carboxylic acids is 1. The molecule has 22 heavy (non-hydrogen) atoms. The lowest BCUT2D eigenvalue weighted by Gasteiger charge is -2.29. The molecule has 1 unspecified atom stereocenters. The van der Waals surface area contributed by atoms with Crippen molar-refractivity contribution >= 4 is 15.9 Å². The Morgan fingerprint density at radius 1 is 1.27 bits per heavy atom. The normalized spacial score (nSPS) is 18.0. The molecule has 0 spiro atoms. The SMILES string of the molecule is NCC(NS(=O)(=O)c1cccc(C(N)=O)c1)C1CCCCC1. The summed E-state index contributed by atoms with van der Waals surface area (Å²) in [6.07, 6.45) is 5.40. The molecule has 1 aliphatic rings. The molecule has 1 amide bonds. The number of sulfonamides is 1. The second-order valence-electron chi connectivity index (χ2n) is 5.75. The Kier molecular flexibility index (Phi) is 5.55. The van der Waals surface area contributed by atoms with E-state index >= 15 is 0 Å². The van der Waals surface area contributed by atoms with Crippen molar-refractivity contribution in [1.82, 2.24) is 4.72 Å². The second-order valence-corrected chi connectivity index (χ2v) is 7.47. The first-order valence-electron chi connectivity index (χ1n) is 7.56. The monoisotopic (exact) mass is 325 g/mol. The quantitative estimate of drug-likeness (QED) is 0.722. The van der Waals surface area contributed by atoms with Crippen LogP contribution >= 0.6 is 0 Å². The lowest BCUT2D eigenvalue weighted by atomic mass is 9.84. The van der Waals surface area contributed by atoms with Gasteiger partial charge in [-0.2, -0.15) is 0 Å². The minimum atomic E-state index is -3.71. The average Bonchev–Trinajstić information content (AvgIpc) is 2.53. The summed E-state index contributed by atoms with van der Waals surface area (Å²) in [5.74, 6) is -0.382. The summed E-state index contributed by atoms with van der Waals surface area (Å²) >= 11 is 0. The molecule has 0 aromatic heterocycles. The zero-order valence-corrected chi connectivity index (χ0v) is 13.3. The van der Waals surface area contributed by atoms with Gasteiger partial charge in [0, 0.05) is 18.2 Å². The van der Waals surface area contributed by atoms with E-state index in [-0.39, 0.29) is 29.0 Å². The molecule has 7 heteroatoms. The summed E-state index contributed by atoms with van der Waals surface area (Å²) in [5.41, 5.74) is 11.1. The summed E-state index contributed by atoms with van der Waals surface area (Å²) in [7, 11) is -3.71. The highest BCUT2D eigenvalue weighted by atomic mass is 32.2. The summed E-state index contributed by atoms with van der Waals surface area (Å²) in [6.45, 7) is 0.263. The first-order chi connectivity index (χ1) is 10.4. The van der Waals surface area contributed by atoms with Crippen molar-refractivity contribution in [3.05, 3.63) is 29.8 Å². The van der Waals surface area contributed by atoms with Gasteiger partial charge < -0.3 is 11.5 Å². The van der Waals surface area contributed by atoms with Crippen molar-refractivity contribution in [1.29, 1.82) is 0 Å². The molecule has 122 valence electrons. The van der Waals surface area contributed by atoms with Crippen LogP contribution in [-0.2, 0) is 10.0 Å². The van der Waals surface area contributed by atoms with Crippen LogP contribution in [0, 0.1) is 5.92 Å². The van der Waals surface area contributed by atoms with E-state index < -0.39 is 15.9 Å². The van der Waals surface area contributed by atoms with Crippen LogP contribution in [-0.4, -0.2) is 26.9 Å². The van der Waals surface area contributed by atoms with Crippen LogP contribution in [0.4, 0.5) is 0 Å². The van der Waals surface area contributed by atoms with E-state index in [0.717, 1.165) is 25.7 Å². The zero-order valence-electron chi connectivity index (χ0n) is 12.5. The van der Waals surface area contributed by atoms with Crippen molar-refractivity contribution in [3.8, 4) is 0 Å². The highest BCUT2D eigenvalue weighted by molar-refractivity contribution is 7.89. The van der Waals surface area contributed by atoms with Crippen LogP contribution in [0.15, 0.2) is 29.2 Å². The van der Waals surface area contributed by atoms with Gasteiger partial charge in [0.05, 0.1) is 4.90 Å². The van der Waals surface area contributed by atoms with Crippen molar-refractivity contribution in [3.63, 3.8) is 0 Å². The third kappa shape index (κ3) is 4.06. The predicted molar refractivity (Wildman–Crippen MR) is 84.7 cm³/mol. The topological polar surface area (TPSA) is 115 Å². The van der Waals surface area contributed by atoms with Gasteiger partial charge in [-0.25, -0.2) is 13.1 Å². The molecule has 1 saturated carbocycles. The van der Waals surface area contributed by atoms with Gasteiger partial charge in [0.15, 0.2) is 0 Å². The number of carbonyl (C=O) groups is 1. The summed E-state index contributed by atoms with van der Waals surface area (Å²) in [5, 5.41) is 0. The Labute approximate surface area is 131 Å². The zero-order chi connectivity index (χ0) is 16.2. The molecular weight excluding hydrogens is 302 g/mol. The molecule has 2 rings (SSSR count). The Bertz CT molecular complexity index is 625. The molecule has 5 N–H and O–H groups in total. The number of nitrogens with one attached hydrogen (secondary N) is 1. The van der Waals surface area contributed by atoms with E-state index in [2.05, 4.69) is 4.72 Å². The fourth-order valence-corrected chi connectivity index (χ4v) is 4.32. The van der Waals surface area contributed by atoms with Gasteiger partial charge in [0.2, 0.25) is 15.9 Å². The highest BCUT2D eigenvalue weighted by Crippen LogP contribution is 2.27. The average molecular weight is 325 g/mol. The number of hydrogen-bond acceptors (Lipinski definition) is 4. The smallest absolute Gasteiger partial charge is 0.248 e. The summed E-state index contributed by atoms with van der Waals surface area (Å²) < 4.78 is 27.7. The van der Waals surface area contributed by atoms with Gasteiger partial charge in [-0.3, -0.25) is 4.79 Å². The molecule has 0 heterocycles. The van der Waals surface area contributed by atoms with Crippen molar-refractivity contribution in [2.75, 3.05) is 6.54 Å². The summed E-state index contributed by atoms with van der Waals surface area (Å²) in [4.78, 5) is 11.2. The third-order valence-electron chi connectivity index (χ3n) is 4.21. The number of nitrogens with two attached hydrogens (primary N) is 2. The van der Waals surface area contributed by atoms with E-state index in [9.17, 15) is 13.2 Å². The second kappa shape index (κ2) is 7.21. The van der Waals surface area contributed by atoms with Gasteiger partial charge in [0.1, 0.15) is 0 Å². The molecule has 1 atom stereocenters. The van der Waals surface area contributed by atoms with Crippen molar-refractivity contribution in [2.24, 2.45) is 17.4 Å². The molecule has 1 aliphatic carbocycles. The van der Waals surface area contributed by atoms with Crippen LogP contribution < -0.4 is 16.2 Å². The maximum absolute atomic E-state index is 12.5. The largest absolute Gasteiger partial charge is 0.366 e. The fraction of sp³-hybridized carbons (Fsp3) is 0.533. The minimum absolute atomic E-state index is 0.0399. The molecular formula is C15H23N3O3S. The lowest BCUT2D eigenvalue weighted by molar-refractivity contribution is 0.1000. The van der Waals surface area contributed by atoms with Crippen molar-refractivity contribution < 1.29 is 13.2 Å². The first-order valence-corrected chi connectivity index (χ1v) is 9.04. The lowest BCUT2D eigenvalue weighted by Crippen LogP contribution is -2.45. The van der Waals surface area contributed by atoms with Crippen LogP contribution in [0.2, 0.25) is 0 Å². The molecule has 1 aromatic rings. The predicted octanol–water partition coefficient (Wildman–Crippen LogP) is 0.971. The van der Waals surface area contributed by atoms with E-state index in [1.165, 1.54) is 30.7 Å². The van der Waals surface area contributed by atoms with Crippen LogP contribution in [0.1, 0.15) is 42.5 Å². The van der Waals surface area contributed by atoms with Gasteiger partial charge in [-0.1, -0.05) is 25.3 Å². The van der Waals surface area contributed by atoms with E-state index in [1.54, 1.807) is 0 Å². The Morgan fingerprint density at radius 3 is 2.55 bits per heavy atom. The number of benzene rings is 1. The Morgan fingerprint density at radius 2 is 1.95 bits per heavy atom. The maximum atomic E-state index is 12.5. The van der Waals surface area contributed by atoms with Crippen LogP contribution in [0.3, 0.4) is 0 Å². The molecule has 0 bridgehead atoms. The number of primary amides is 1. The highest BCUT2D eigenvalue weighted by Gasteiger charge is 2.27. The van der Waals surface area contributed by atoms with E-state index in [0.29, 0.717) is 0 Å². The van der Waals surface area contributed by atoms with Gasteiger partial charge in [0.25, 0.3) is 0 Å². The molecule has 0 radical (unpaired) electrons. The van der Waals surface area contributed by atoms with Crippen LogP contribution in [0.5, 0.6) is 0 Å². The Hall–Kier alpha value is -1.44. The van der Waals surface area contributed by atoms with Gasteiger partial charge >= 0.3 is 0 Å². The molecule has 1 fully saturated rings. The third-order valence-corrected chi connectivity index (χ3v) is 5.70. The standard InChI is InChI=1S/C15H23N3O3S/c16-10-14(11-5-2-1-3-6-11)18-22(20,21)13-8-4-7-12(9-13)15(17)19/h4,7-9,11,14,18H,1-3,5-6,10,16H2,(H2,17,19). The summed E-state index contributed by atoms with van der Waals surface area (Å²) in [6, 6.07) is 5.46.